The van der Waals surface area contributed by atoms with Gasteiger partial charge in [-0.2, -0.15) is 21.4 Å². The highest BCUT2D eigenvalue weighted by Gasteiger charge is 2.30. The molecule has 0 radical (unpaired) electrons. The van der Waals surface area contributed by atoms with Gasteiger partial charge in [0, 0.05) is 24.3 Å². The van der Waals surface area contributed by atoms with Crippen LogP contribution in [0.5, 0.6) is 23.0 Å². The van der Waals surface area contributed by atoms with Crippen LogP contribution in [-0.2, 0) is 36.9 Å². The second-order valence-corrected chi connectivity index (χ2v) is 16.6. The van der Waals surface area contributed by atoms with Crippen molar-refractivity contribution >= 4 is 64.1 Å². The highest BCUT2D eigenvalue weighted by molar-refractivity contribution is 7.86. The zero-order chi connectivity index (χ0) is 39.3. The number of fused-ring (bicyclic) bond motifs is 2. The minimum Gasteiger partial charge on any atom is -0.748 e. The molecular weight excluding hydrogens is 763 g/mol. The number of carboxylic acid groups (broad SMARTS) is 1. The van der Waals surface area contributed by atoms with E-state index in [0.29, 0.717) is 16.6 Å². The lowest BCUT2D eigenvalue weighted by Crippen LogP contribution is -2.38. The molecule has 0 bridgehead atoms. The molecule has 0 saturated heterocycles. The van der Waals surface area contributed by atoms with Crippen LogP contribution in [0.4, 0.5) is 0 Å². The summed E-state index contributed by atoms with van der Waals surface area (Å²) in [5, 5.41) is 9.83. The van der Waals surface area contributed by atoms with Crippen molar-refractivity contribution in [3.63, 3.8) is 0 Å². The Morgan fingerprint density at radius 1 is 0.774 bits per heavy atom. The Labute approximate surface area is 305 Å². The predicted octanol–water partition coefficient (Wildman–Crippen LogP) is 3.07. The summed E-state index contributed by atoms with van der Waals surface area (Å²) in [5.74, 6) is -3.55. The van der Waals surface area contributed by atoms with Crippen molar-refractivity contribution < 1.29 is 77.1 Å². The van der Waals surface area contributed by atoms with Crippen LogP contribution in [-0.4, -0.2) is 93.5 Å². The number of hydrogen-bond acceptors (Lipinski definition) is 13. The van der Waals surface area contributed by atoms with Gasteiger partial charge in [-0.25, -0.2) is 18.0 Å². The Kier molecular flexibility index (Phi) is 12.9. The Balaban J connectivity index is 1.99. The van der Waals surface area contributed by atoms with Crippen molar-refractivity contribution in [2.45, 2.75) is 39.7 Å². The molecule has 53 heavy (non-hydrogen) atoms. The van der Waals surface area contributed by atoms with Gasteiger partial charge in [0.2, 0.25) is 5.52 Å². The summed E-state index contributed by atoms with van der Waals surface area (Å²) in [6.07, 6.45) is -0.324. The van der Waals surface area contributed by atoms with Gasteiger partial charge in [0.1, 0.15) is 17.2 Å². The Bertz CT molecular complexity index is 2370. The largest absolute Gasteiger partial charge is 0.748 e. The quantitative estimate of drug-likeness (QED) is 0.0326. The Hall–Kier alpha value is -4.60. The monoisotopic (exact) mass is 799 g/mol. The van der Waals surface area contributed by atoms with E-state index in [-0.39, 0.29) is 89.4 Å². The highest BCUT2D eigenvalue weighted by Crippen LogP contribution is 2.37. The number of carboxylic acids is 1. The van der Waals surface area contributed by atoms with Crippen LogP contribution in [0.3, 0.4) is 0 Å². The number of aromatic carboxylic acids is 1. The summed E-state index contributed by atoms with van der Waals surface area (Å²) < 4.78 is 123. The van der Waals surface area contributed by atoms with Gasteiger partial charge in [-0.3, -0.25) is 9.11 Å². The second-order valence-electron chi connectivity index (χ2n) is 12.0. The lowest BCUT2D eigenvalue weighted by molar-refractivity contribution is -0.645. The molecule has 0 unspecified atom stereocenters. The molecule has 0 fully saturated rings. The molecule has 1 aromatic heterocycles. The lowest BCUT2D eigenvalue weighted by Gasteiger charge is -2.17. The average molecular weight is 800 g/mol. The Morgan fingerprint density at radius 3 is 1.87 bits per heavy atom. The van der Waals surface area contributed by atoms with Crippen molar-refractivity contribution in [2.75, 3.05) is 37.6 Å². The number of ether oxygens (including phenoxy) is 4. The summed E-state index contributed by atoms with van der Waals surface area (Å²) in [4.78, 5) is 26.1. The number of aromatic nitrogens is 1. The molecule has 0 aliphatic heterocycles. The SMILES string of the molecule is COc1cc(OCCCS(=O)(=O)O)cc2c(C(=O)Oc3c(C)cc(C(=O)O)cc3C)c3cc(OCCCS(=O)(=O)O)ccc3[n+](CCCS(=O)(=O)[O-])c12. The molecule has 0 atom stereocenters. The van der Waals surface area contributed by atoms with Crippen LogP contribution in [0.25, 0.3) is 21.8 Å². The standard InChI is InChI=1S/C33H37NO16S3/c1-20-15-22(32(35)36)16-21(2)31(20)50-33(37)29-25-17-23(48-10-5-13-52(41,42)43)7-8-27(25)34(9-4-12-51(38,39)40)30-26(29)18-24(19-28(30)47-3)49-11-6-14-53(44,45)46/h7-8,15-19H,4-6,9-14H2,1-3H3,(H3-,35,36,38,39,40,41,42,43,44,45,46). The number of methoxy groups -OCH3 is 1. The van der Waals surface area contributed by atoms with Crippen molar-refractivity contribution in [2.24, 2.45) is 0 Å². The van der Waals surface area contributed by atoms with Crippen LogP contribution < -0.4 is 23.5 Å². The molecule has 17 nitrogen and oxygen atoms in total. The third-order valence-electron chi connectivity index (χ3n) is 7.85. The number of aryl methyl sites for hydroxylation is 3. The van der Waals surface area contributed by atoms with E-state index in [4.69, 9.17) is 28.1 Å². The molecule has 0 spiro atoms. The van der Waals surface area contributed by atoms with Crippen LogP contribution in [0.15, 0.2) is 42.5 Å². The van der Waals surface area contributed by atoms with Crippen molar-refractivity contribution in [1.82, 2.24) is 0 Å². The van der Waals surface area contributed by atoms with E-state index in [2.05, 4.69) is 0 Å². The first-order valence-corrected chi connectivity index (χ1v) is 20.6. The van der Waals surface area contributed by atoms with Gasteiger partial charge in [-0.05, 0) is 68.1 Å². The summed E-state index contributed by atoms with van der Waals surface area (Å²) in [7, 11) is -11.8. The predicted molar refractivity (Wildman–Crippen MR) is 188 cm³/mol. The zero-order valence-electron chi connectivity index (χ0n) is 28.7. The van der Waals surface area contributed by atoms with Gasteiger partial charge in [0.05, 0.1) is 63.8 Å². The normalized spacial score (nSPS) is 12.2. The van der Waals surface area contributed by atoms with Crippen molar-refractivity contribution in [3.05, 3.63) is 64.7 Å². The van der Waals surface area contributed by atoms with Gasteiger partial charge < -0.3 is 28.6 Å². The maximum atomic E-state index is 14.4. The van der Waals surface area contributed by atoms with Crippen LogP contribution in [0.2, 0.25) is 0 Å². The molecule has 20 heteroatoms. The second kappa shape index (κ2) is 16.6. The summed E-state index contributed by atoms with van der Waals surface area (Å²) in [6.45, 7) is 2.71. The molecule has 288 valence electrons. The first kappa shape index (κ1) is 41.2. The van der Waals surface area contributed by atoms with E-state index in [9.17, 15) is 44.5 Å². The summed E-state index contributed by atoms with van der Waals surface area (Å²) in [5.41, 5.74) is 1.11. The lowest BCUT2D eigenvalue weighted by atomic mass is 10.00. The van der Waals surface area contributed by atoms with Crippen LogP contribution in [0, 0.1) is 13.8 Å². The fourth-order valence-electron chi connectivity index (χ4n) is 5.69. The third kappa shape index (κ3) is 11.2. The fourth-order valence-corrected chi connectivity index (χ4v) is 7.14. The number of rotatable bonds is 18. The number of esters is 1. The van der Waals surface area contributed by atoms with Crippen LogP contribution >= 0.6 is 0 Å². The number of benzene rings is 3. The molecule has 0 aliphatic carbocycles. The molecule has 0 amide bonds. The molecular formula is C33H37NO16S3. The van der Waals surface area contributed by atoms with Gasteiger partial charge >= 0.3 is 11.9 Å². The highest BCUT2D eigenvalue weighted by atomic mass is 32.2. The Morgan fingerprint density at radius 2 is 1.34 bits per heavy atom. The van der Waals surface area contributed by atoms with E-state index in [1.807, 2.05) is 0 Å². The van der Waals surface area contributed by atoms with Gasteiger partial charge in [-0.15, -0.1) is 0 Å². The van der Waals surface area contributed by atoms with Crippen molar-refractivity contribution in [1.29, 1.82) is 0 Å². The number of carbonyl (C=O) groups excluding carboxylic acids is 1. The molecule has 3 aromatic carbocycles. The molecule has 3 N–H and O–H groups in total. The van der Waals surface area contributed by atoms with Crippen LogP contribution in [0.1, 0.15) is 51.1 Å². The number of pyridine rings is 1. The zero-order valence-corrected chi connectivity index (χ0v) is 31.2. The van der Waals surface area contributed by atoms with Gasteiger partial charge in [0.15, 0.2) is 12.3 Å². The van der Waals surface area contributed by atoms with Gasteiger partial charge in [0.25, 0.3) is 25.8 Å². The maximum absolute atomic E-state index is 14.4. The first-order valence-electron chi connectivity index (χ1n) is 15.8. The number of hydrogen-bond donors (Lipinski definition) is 3. The number of nitrogens with zero attached hydrogens (tertiary/aromatic N) is 1. The topological polar surface area (TPSA) is 261 Å². The fraction of sp³-hybridized carbons (Fsp3) is 0.364. The minimum atomic E-state index is -4.62. The van der Waals surface area contributed by atoms with E-state index in [1.54, 1.807) is 24.5 Å². The smallest absolute Gasteiger partial charge is 0.345 e. The number of carbonyl (C=O) groups is 2. The summed E-state index contributed by atoms with van der Waals surface area (Å²) in [6, 6.07) is 10.1. The minimum absolute atomic E-state index is 0.0344. The molecule has 0 saturated carbocycles. The van der Waals surface area contributed by atoms with E-state index >= 15 is 0 Å². The summed E-state index contributed by atoms with van der Waals surface area (Å²) >= 11 is 0. The molecule has 1 heterocycles. The molecule has 4 aromatic rings. The molecule has 4 rings (SSSR count). The van der Waals surface area contributed by atoms with E-state index in [0.717, 1.165) is 0 Å². The van der Waals surface area contributed by atoms with E-state index < -0.39 is 59.6 Å². The van der Waals surface area contributed by atoms with Crippen molar-refractivity contribution in [3.8, 4) is 23.0 Å². The first-order chi connectivity index (χ1) is 24.7. The third-order valence-corrected chi connectivity index (χ3v) is 10.2. The van der Waals surface area contributed by atoms with Gasteiger partial charge in [-0.1, -0.05) is 0 Å². The average Bonchev–Trinajstić information content (AvgIpc) is 3.04. The maximum Gasteiger partial charge on any atom is 0.345 e. The van der Waals surface area contributed by atoms with E-state index in [1.165, 1.54) is 43.5 Å². The molecule has 0 aliphatic rings.